The summed E-state index contributed by atoms with van der Waals surface area (Å²) in [4.78, 5) is 6.56. The highest BCUT2D eigenvalue weighted by Gasteiger charge is 2.19. The molecule has 1 unspecified atom stereocenters. The summed E-state index contributed by atoms with van der Waals surface area (Å²) in [7, 11) is 0. The van der Waals surface area contributed by atoms with Gasteiger partial charge in [0.15, 0.2) is 0 Å². The molecule has 1 heterocycles. The second-order valence-electron chi connectivity index (χ2n) is 4.69. The van der Waals surface area contributed by atoms with Crippen molar-refractivity contribution in [1.29, 1.82) is 0 Å². The van der Waals surface area contributed by atoms with Crippen molar-refractivity contribution in [3.8, 4) is 0 Å². The van der Waals surface area contributed by atoms with Gasteiger partial charge in [-0.3, -0.25) is 9.88 Å². The first-order chi connectivity index (χ1) is 9.85. The van der Waals surface area contributed by atoms with Crippen LogP contribution in [0.4, 0.5) is 0 Å². The van der Waals surface area contributed by atoms with Crippen molar-refractivity contribution in [3.63, 3.8) is 0 Å². The zero-order valence-electron chi connectivity index (χ0n) is 11.5. The smallest absolute Gasteiger partial charge is 0.0648 e. The van der Waals surface area contributed by atoms with Gasteiger partial charge in [-0.25, -0.2) is 0 Å². The molecule has 20 heavy (non-hydrogen) atoms. The maximum Gasteiger partial charge on any atom is 0.0648 e. The zero-order valence-corrected chi connectivity index (χ0v) is 11.5. The van der Waals surface area contributed by atoms with Gasteiger partial charge in [0.2, 0.25) is 0 Å². The molecule has 1 aromatic carbocycles. The van der Waals surface area contributed by atoms with E-state index < -0.39 is 0 Å². The SMILES string of the molecule is NCC(c1ccccn1)N(CCO)Cc1ccccc1. The summed E-state index contributed by atoms with van der Waals surface area (Å²) in [5, 5.41) is 9.30. The Hall–Kier alpha value is -1.75. The van der Waals surface area contributed by atoms with Crippen molar-refractivity contribution in [3.05, 3.63) is 66.0 Å². The van der Waals surface area contributed by atoms with Gasteiger partial charge in [-0.15, -0.1) is 0 Å². The largest absolute Gasteiger partial charge is 0.395 e. The minimum atomic E-state index is 0.0172. The third kappa shape index (κ3) is 3.87. The molecule has 0 aliphatic heterocycles. The zero-order chi connectivity index (χ0) is 14.2. The number of nitrogens with zero attached hydrogens (tertiary/aromatic N) is 2. The highest BCUT2D eigenvalue weighted by atomic mass is 16.3. The van der Waals surface area contributed by atoms with Crippen molar-refractivity contribution >= 4 is 0 Å². The molecule has 106 valence electrons. The number of pyridine rings is 1. The summed E-state index contributed by atoms with van der Waals surface area (Å²) in [6.45, 7) is 1.91. The number of hydrogen-bond acceptors (Lipinski definition) is 4. The lowest BCUT2D eigenvalue weighted by atomic mass is 10.1. The first-order valence-corrected chi connectivity index (χ1v) is 6.85. The molecule has 4 nitrogen and oxygen atoms in total. The molecule has 3 N–H and O–H groups in total. The van der Waals surface area contributed by atoms with Crippen LogP contribution in [0.25, 0.3) is 0 Å². The summed E-state index contributed by atoms with van der Waals surface area (Å²) in [5.74, 6) is 0. The lowest BCUT2D eigenvalue weighted by molar-refractivity contribution is 0.144. The maximum absolute atomic E-state index is 9.30. The maximum atomic E-state index is 9.30. The van der Waals surface area contributed by atoms with Gasteiger partial charge in [0.1, 0.15) is 0 Å². The molecule has 0 spiro atoms. The van der Waals surface area contributed by atoms with E-state index in [2.05, 4.69) is 22.0 Å². The second kappa shape index (κ2) is 7.75. The average Bonchev–Trinajstić information content (AvgIpc) is 2.50. The van der Waals surface area contributed by atoms with Crippen LogP contribution in [-0.2, 0) is 6.54 Å². The van der Waals surface area contributed by atoms with E-state index in [-0.39, 0.29) is 12.6 Å². The molecule has 2 rings (SSSR count). The van der Waals surface area contributed by atoms with Crippen LogP contribution < -0.4 is 5.73 Å². The summed E-state index contributed by atoms with van der Waals surface area (Å²) >= 11 is 0. The van der Waals surface area contributed by atoms with Crippen LogP contribution in [-0.4, -0.2) is 34.7 Å². The fourth-order valence-electron chi connectivity index (χ4n) is 2.32. The normalized spacial score (nSPS) is 12.6. The molecule has 0 radical (unpaired) electrons. The Kier molecular flexibility index (Phi) is 5.68. The van der Waals surface area contributed by atoms with Gasteiger partial charge in [-0.2, -0.15) is 0 Å². The molecule has 1 aromatic heterocycles. The lowest BCUT2D eigenvalue weighted by Crippen LogP contribution is -2.35. The van der Waals surface area contributed by atoms with Crippen LogP contribution in [0.15, 0.2) is 54.7 Å². The van der Waals surface area contributed by atoms with E-state index in [1.54, 1.807) is 6.20 Å². The van der Waals surface area contributed by atoms with Gasteiger partial charge >= 0.3 is 0 Å². The van der Waals surface area contributed by atoms with E-state index >= 15 is 0 Å². The third-order valence-corrected chi connectivity index (χ3v) is 3.31. The molecule has 2 aromatic rings. The van der Waals surface area contributed by atoms with Crippen LogP contribution >= 0.6 is 0 Å². The molecule has 0 saturated carbocycles. The monoisotopic (exact) mass is 271 g/mol. The van der Waals surface area contributed by atoms with E-state index in [1.165, 1.54) is 5.56 Å². The van der Waals surface area contributed by atoms with E-state index in [0.29, 0.717) is 13.1 Å². The Morgan fingerprint density at radius 2 is 1.85 bits per heavy atom. The first-order valence-electron chi connectivity index (χ1n) is 6.85. The molecule has 1 atom stereocenters. The average molecular weight is 271 g/mol. The number of nitrogens with two attached hydrogens (primary N) is 1. The molecular weight excluding hydrogens is 250 g/mol. The number of aliphatic hydroxyl groups excluding tert-OH is 1. The van der Waals surface area contributed by atoms with Crippen LogP contribution in [0.5, 0.6) is 0 Å². The number of benzene rings is 1. The summed E-state index contributed by atoms with van der Waals surface area (Å²) in [6.07, 6.45) is 1.78. The Bertz CT molecular complexity index is 490. The van der Waals surface area contributed by atoms with E-state index in [9.17, 15) is 5.11 Å². The number of hydrogen-bond donors (Lipinski definition) is 2. The van der Waals surface area contributed by atoms with E-state index in [4.69, 9.17) is 5.73 Å². The van der Waals surface area contributed by atoms with Crippen LogP contribution in [0.1, 0.15) is 17.3 Å². The molecule has 0 aliphatic rings. The molecule has 0 fully saturated rings. The quantitative estimate of drug-likeness (QED) is 0.802. The molecule has 0 amide bonds. The van der Waals surface area contributed by atoms with Gasteiger partial charge in [-0.05, 0) is 17.7 Å². The number of aromatic nitrogens is 1. The molecule has 4 heteroatoms. The van der Waals surface area contributed by atoms with Gasteiger partial charge in [0.05, 0.1) is 18.3 Å². The minimum absolute atomic E-state index is 0.0172. The number of rotatable bonds is 7. The predicted molar refractivity (Wildman–Crippen MR) is 80.0 cm³/mol. The fourth-order valence-corrected chi connectivity index (χ4v) is 2.32. The van der Waals surface area contributed by atoms with Gasteiger partial charge in [0.25, 0.3) is 0 Å². The highest BCUT2D eigenvalue weighted by molar-refractivity contribution is 5.16. The standard InChI is InChI=1S/C16H21N3O/c17-12-16(15-8-4-5-9-18-15)19(10-11-20)13-14-6-2-1-3-7-14/h1-9,16,20H,10-13,17H2. The van der Waals surface area contributed by atoms with E-state index in [1.807, 2.05) is 36.4 Å². The molecular formula is C16H21N3O. The Morgan fingerprint density at radius 1 is 1.10 bits per heavy atom. The van der Waals surface area contributed by atoms with Crippen LogP contribution in [0.3, 0.4) is 0 Å². The number of aliphatic hydroxyl groups is 1. The minimum Gasteiger partial charge on any atom is -0.395 e. The predicted octanol–water partition coefficient (Wildman–Crippen LogP) is 1.58. The summed E-state index contributed by atoms with van der Waals surface area (Å²) in [5.41, 5.74) is 8.07. The first kappa shape index (κ1) is 14.7. The fraction of sp³-hybridized carbons (Fsp3) is 0.312. The molecule has 0 bridgehead atoms. The Balaban J connectivity index is 2.17. The Morgan fingerprint density at radius 3 is 2.45 bits per heavy atom. The van der Waals surface area contributed by atoms with Crippen molar-refractivity contribution in [2.24, 2.45) is 5.73 Å². The summed E-state index contributed by atoms with van der Waals surface area (Å²) < 4.78 is 0. The molecule has 0 saturated heterocycles. The second-order valence-corrected chi connectivity index (χ2v) is 4.69. The topological polar surface area (TPSA) is 62.4 Å². The molecule has 0 aliphatic carbocycles. The van der Waals surface area contributed by atoms with Crippen molar-refractivity contribution < 1.29 is 5.11 Å². The van der Waals surface area contributed by atoms with Crippen LogP contribution in [0, 0.1) is 0 Å². The van der Waals surface area contributed by atoms with Gasteiger partial charge in [-0.1, -0.05) is 36.4 Å². The van der Waals surface area contributed by atoms with Crippen LogP contribution in [0.2, 0.25) is 0 Å². The van der Waals surface area contributed by atoms with Crippen molar-refractivity contribution in [2.75, 3.05) is 19.7 Å². The van der Waals surface area contributed by atoms with Gasteiger partial charge < -0.3 is 10.8 Å². The highest BCUT2D eigenvalue weighted by Crippen LogP contribution is 2.19. The van der Waals surface area contributed by atoms with E-state index in [0.717, 1.165) is 12.2 Å². The lowest BCUT2D eigenvalue weighted by Gasteiger charge is -2.30. The Labute approximate surface area is 119 Å². The van der Waals surface area contributed by atoms with Gasteiger partial charge in [0, 0.05) is 25.8 Å². The summed E-state index contributed by atoms with van der Waals surface area (Å²) in [6, 6.07) is 16.0. The van der Waals surface area contributed by atoms with Crippen molar-refractivity contribution in [1.82, 2.24) is 9.88 Å². The van der Waals surface area contributed by atoms with Crippen molar-refractivity contribution in [2.45, 2.75) is 12.6 Å². The third-order valence-electron chi connectivity index (χ3n) is 3.31.